The lowest BCUT2D eigenvalue weighted by Gasteiger charge is -2.08. The fourth-order valence-electron chi connectivity index (χ4n) is 1.40. The zero-order chi connectivity index (χ0) is 13.3. The van der Waals surface area contributed by atoms with E-state index < -0.39 is 7.37 Å². The Morgan fingerprint density at radius 2 is 1.94 bits per heavy atom. The van der Waals surface area contributed by atoms with Crippen molar-refractivity contribution in [2.45, 2.75) is 0 Å². The Kier molecular flexibility index (Phi) is 3.13. The predicted molar refractivity (Wildman–Crippen MR) is 65.3 cm³/mol. The lowest BCUT2D eigenvalue weighted by molar-refractivity contribution is 0.405. The summed E-state index contributed by atoms with van der Waals surface area (Å²) in [6.07, 6.45) is 1.26. The molecule has 0 saturated heterocycles. The molecule has 2 rings (SSSR count). The van der Waals surface area contributed by atoms with Gasteiger partial charge in [-0.3, -0.25) is 4.57 Å². The molecular formula is C11H12FN2O3P. The molecule has 0 amide bonds. The quantitative estimate of drug-likeness (QED) is 0.871. The number of rotatable bonds is 3. The number of hydrogen-bond donors (Lipinski definition) is 1. The van der Waals surface area contributed by atoms with E-state index in [1.807, 2.05) is 0 Å². The first-order valence-electron chi connectivity index (χ1n) is 5.14. The van der Waals surface area contributed by atoms with Crippen LogP contribution in [0.4, 0.5) is 4.39 Å². The topological polar surface area (TPSA) is 64.3 Å². The molecule has 5 nitrogen and oxygen atoms in total. The molecule has 0 aliphatic carbocycles. The van der Waals surface area contributed by atoms with Gasteiger partial charge in [0.05, 0.1) is 11.9 Å². The van der Waals surface area contributed by atoms with Gasteiger partial charge in [0, 0.05) is 13.3 Å². The first kappa shape index (κ1) is 12.6. The molecule has 1 heterocycles. The van der Waals surface area contributed by atoms with E-state index in [0.717, 1.165) is 0 Å². The second-order valence-corrected chi connectivity index (χ2v) is 6.75. The molecule has 96 valence electrons. The zero-order valence-corrected chi connectivity index (χ0v) is 10.8. The second kappa shape index (κ2) is 4.46. The van der Waals surface area contributed by atoms with Gasteiger partial charge in [-0.25, -0.2) is 4.39 Å². The monoisotopic (exact) mass is 270 g/mol. The molecule has 0 aliphatic heterocycles. The van der Waals surface area contributed by atoms with Crippen LogP contribution in [0.15, 0.2) is 30.5 Å². The minimum atomic E-state index is -2.77. The molecule has 0 aliphatic rings. The van der Waals surface area contributed by atoms with E-state index in [-0.39, 0.29) is 17.4 Å². The lowest BCUT2D eigenvalue weighted by atomic mass is 10.3. The van der Waals surface area contributed by atoms with Crippen molar-refractivity contribution in [3.63, 3.8) is 0 Å². The van der Waals surface area contributed by atoms with Gasteiger partial charge < -0.3 is 9.63 Å². The van der Waals surface area contributed by atoms with Gasteiger partial charge in [0.2, 0.25) is 13.1 Å². The summed E-state index contributed by atoms with van der Waals surface area (Å²) in [6.45, 7) is 2.86. The van der Waals surface area contributed by atoms with Gasteiger partial charge in [-0.1, -0.05) is 0 Å². The summed E-state index contributed by atoms with van der Waals surface area (Å²) >= 11 is 0. The van der Waals surface area contributed by atoms with Gasteiger partial charge in [0.25, 0.3) is 5.88 Å². The van der Waals surface area contributed by atoms with Crippen molar-refractivity contribution in [2.24, 2.45) is 0 Å². The minimum Gasteiger partial charge on any atom is -0.491 e. The molecule has 1 aromatic heterocycles. The molecule has 1 N–H and O–H groups in total. The lowest BCUT2D eigenvalue weighted by Crippen LogP contribution is -1.95. The van der Waals surface area contributed by atoms with Crippen LogP contribution in [0.5, 0.6) is 11.6 Å². The normalized spacial score (nSPS) is 11.5. The van der Waals surface area contributed by atoms with Crippen LogP contribution in [0.25, 0.3) is 5.69 Å². The fraction of sp³-hybridized carbons (Fsp3) is 0.182. The third-order valence-electron chi connectivity index (χ3n) is 2.10. The van der Waals surface area contributed by atoms with Crippen LogP contribution in [0.3, 0.4) is 0 Å². The van der Waals surface area contributed by atoms with E-state index in [4.69, 9.17) is 4.52 Å². The predicted octanol–water partition coefficient (Wildman–Crippen LogP) is 2.63. The van der Waals surface area contributed by atoms with E-state index in [9.17, 15) is 14.1 Å². The number of aromatic nitrogens is 2. The summed E-state index contributed by atoms with van der Waals surface area (Å²) in [5.41, 5.74) is 0.478. The largest absolute Gasteiger partial charge is 0.491 e. The first-order valence-corrected chi connectivity index (χ1v) is 7.66. The SMILES string of the molecule is CP(C)(=O)Oc1cnn(-c2ccc(F)cc2)c1O. The molecule has 0 spiro atoms. The number of hydrogen-bond acceptors (Lipinski definition) is 4. The van der Waals surface area contributed by atoms with Crippen molar-refractivity contribution >= 4 is 7.37 Å². The van der Waals surface area contributed by atoms with E-state index in [1.54, 1.807) is 0 Å². The van der Waals surface area contributed by atoms with E-state index in [0.29, 0.717) is 5.69 Å². The third-order valence-corrected chi connectivity index (χ3v) is 2.74. The zero-order valence-electron chi connectivity index (χ0n) is 9.87. The highest BCUT2D eigenvalue weighted by atomic mass is 31.2. The molecule has 1 aromatic carbocycles. The summed E-state index contributed by atoms with van der Waals surface area (Å²) < 4.78 is 30.6. The molecule has 0 atom stereocenters. The minimum absolute atomic E-state index is 0.0349. The first-order chi connectivity index (χ1) is 8.37. The molecule has 0 fully saturated rings. The maximum atomic E-state index is 12.8. The van der Waals surface area contributed by atoms with Crippen LogP contribution < -0.4 is 4.52 Å². The summed E-state index contributed by atoms with van der Waals surface area (Å²) in [6, 6.07) is 5.43. The number of nitrogens with zero attached hydrogens (tertiary/aromatic N) is 2. The maximum Gasteiger partial charge on any atom is 0.258 e. The molecule has 0 bridgehead atoms. The molecular weight excluding hydrogens is 258 g/mol. The summed E-state index contributed by atoms with van der Waals surface area (Å²) in [4.78, 5) is 0. The van der Waals surface area contributed by atoms with Crippen molar-refractivity contribution in [2.75, 3.05) is 13.3 Å². The molecule has 2 aromatic rings. The fourth-order valence-corrected chi connectivity index (χ4v) is 2.00. The molecule has 7 heteroatoms. The Hall–Kier alpha value is -1.81. The van der Waals surface area contributed by atoms with Crippen molar-refractivity contribution in [1.82, 2.24) is 9.78 Å². The molecule has 0 unspecified atom stereocenters. The maximum absolute atomic E-state index is 12.8. The summed E-state index contributed by atoms with van der Waals surface area (Å²) in [5.74, 6) is -0.619. The Labute approximate surface area is 103 Å². The molecule has 0 radical (unpaired) electrons. The standard InChI is InChI=1S/C11H12FN2O3P/c1-18(2,16)17-10-7-13-14(11(10)15)9-5-3-8(12)4-6-9/h3-7,15H,1-2H3. The van der Waals surface area contributed by atoms with Crippen LogP contribution in [0.1, 0.15) is 0 Å². The Balaban J connectivity index is 2.36. The Morgan fingerprint density at radius 1 is 1.33 bits per heavy atom. The van der Waals surface area contributed by atoms with Crippen LogP contribution in [-0.4, -0.2) is 28.2 Å². The van der Waals surface area contributed by atoms with Gasteiger partial charge in [-0.15, -0.1) is 0 Å². The van der Waals surface area contributed by atoms with E-state index in [1.165, 1.54) is 48.5 Å². The number of aromatic hydroxyl groups is 1. The summed E-state index contributed by atoms with van der Waals surface area (Å²) in [5, 5.41) is 13.8. The number of halogens is 1. The number of benzene rings is 1. The van der Waals surface area contributed by atoms with Gasteiger partial charge in [0.1, 0.15) is 5.82 Å². The van der Waals surface area contributed by atoms with Crippen LogP contribution >= 0.6 is 7.37 Å². The van der Waals surface area contributed by atoms with E-state index >= 15 is 0 Å². The second-order valence-electron chi connectivity index (χ2n) is 4.06. The Bertz CT molecular complexity index is 603. The van der Waals surface area contributed by atoms with Crippen molar-refractivity contribution in [3.8, 4) is 17.3 Å². The van der Waals surface area contributed by atoms with Crippen molar-refractivity contribution < 1.29 is 18.6 Å². The van der Waals surface area contributed by atoms with Gasteiger partial charge in [-0.05, 0) is 24.3 Å². The third kappa shape index (κ3) is 2.71. The van der Waals surface area contributed by atoms with Crippen LogP contribution in [0, 0.1) is 5.82 Å². The Morgan fingerprint density at radius 3 is 2.50 bits per heavy atom. The van der Waals surface area contributed by atoms with Crippen molar-refractivity contribution in [3.05, 3.63) is 36.3 Å². The molecule has 0 saturated carbocycles. The average Bonchev–Trinajstić information content (AvgIpc) is 2.60. The average molecular weight is 270 g/mol. The van der Waals surface area contributed by atoms with Crippen LogP contribution in [-0.2, 0) is 4.57 Å². The smallest absolute Gasteiger partial charge is 0.258 e. The van der Waals surface area contributed by atoms with Gasteiger partial charge >= 0.3 is 0 Å². The van der Waals surface area contributed by atoms with Crippen molar-refractivity contribution in [1.29, 1.82) is 0 Å². The van der Waals surface area contributed by atoms with Gasteiger partial charge in [-0.2, -0.15) is 9.78 Å². The van der Waals surface area contributed by atoms with E-state index in [2.05, 4.69) is 5.10 Å². The highest BCUT2D eigenvalue weighted by Gasteiger charge is 2.17. The highest BCUT2D eigenvalue weighted by Crippen LogP contribution is 2.42. The highest BCUT2D eigenvalue weighted by molar-refractivity contribution is 7.57. The molecule has 18 heavy (non-hydrogen) atoms. The summed E-state index contributed by atoms with van der Waals surface area (Å²) in [7, 11) is -2.77. The van der Waals surface area contributed by atoms with Gasteiger partial charge in [0.15, 0.2) is 0 Å². The van der Waals surface area contributed by atoms with Crippen LogP contribution in [0.2, 0.25) is 0 Å².